The van der Waals surface area contributed by atoms with Gasteiger partial charge in [0.15, 0.2) is 21.4 Å². The minimum Gasteiger partial charge on any atom is -0.446 e. The van der Waals surface area contributed by atoms with Crippen LogP contribution in [0.25, 0.3) is 11.6 Å². The van der Waals surface area contributed by atoms with Gasteiger partial charge in [0.1, 0.15) is 5.69 Å². The maximum absolute atomic E-state index is 12.1. The number of nitrogens with zero attached hydrogens (tertiary/aromatic N) is 4. The number of nitro groups is 1. The fourth-order valence-corrected chi connectivity index (χ4v) is 3.16. The SMILES string of the molecule is Cn1c(SCC(=O)Nc2ccccc2[N+](=O)[O-])nnc1-c1ccc(Br)o1. The first-order chi connectivity index (χ1) is 12.5. The van der Waals surface area contributed by atoms with Crippen molar-refractivity contribution >= 4 is 45.0 Å². The Morgan fingerprint density at radius 1 is 1.35 bits per heavy atom. The van der Waals surface area contributed by atoms with Crippen LogP contribution in [0.15, 0.2) is 50.6 Å². The minimum absolute atomic E-state index is 0.0276. The van der Waals surface area contributed by atoms with Gasteiger partial charge in [-0.05, 0) is 34.1 Å². The molecule has 1 aromatic carbocycles. The van der Waals surface area contributed by atoms with Crippen LogP contribution in [0.3, 0.4) is 0 Å². The maximum atomic E-state index is 12.1. The van der Waals surface area contributed by atoms with Crippen LogP contribution >= 0.6 is 27.7 Å². The summed E-state index contributed by atoms with van der Waals surface area (Å²) in [6, 6.07) is 9.47. The second-order valence-electron chi connectivity index (χ2n) is 5.08. The van der Waals surface area contributed by atoms with E-state index in [1.165, 1.54) is 30.0 Å². The molecule has 0 spiro atoms. The van der Waals surface area contributed by atoms with Gasteiger partial charge in [-0.2, -0.15) is 0 Å². The van der Waals surface area contributed by atoms with Crippen LogP contribution < -0.4 is 5.32 Å². The number of hydrogen-bond donors (Lipinski definition) is 1. The van der Waals surface area contributed by atoms with E-state index < -0.39 is 4.92 Å². The number of carbonyl (C=O) groups is 1. The largest absolute Gasteiger partial charge is 0.446 e. The zero-order valence-electron chi connectivity index (χ0n) is 13.4. The van der Waals surface area contributed by atoms with Crippen LogP contribution in [0, 0.1) is 10.1 Å². The molecule has 0 radical (unpaired) electrons. The molecule has 2 aromatic heterocycles. The van der Waals surface area contributed by atoms with Crippen LogP contribution in [0.5, 0.6) is 0 Å². The number of benzene rings is 1. The summed E-state index contributed by atoms with van der Waals surface area (Å²) in [6.45, 7) is 0. The van der Waals surface area contributed by atoms with E-state index >= 15 is 0 Å². The topological polar surface area (TPSA) is 116 Å². The predicted molar refractivity (Wildman–Crippen MR) is 98.9 cm³/mol. The van der Waals surface area contributed by atoms with E-state index in [2.05, 4.69) is 31.4 Å². The lowest BCUT2D eigenvalue weighted by molar-refractivity contribution is -0.383. The highest BCUT2D eigenvalue weighted by Crippen LogP contribution is 2.27. The Bertz CT molecular complexity index is 971. The van der Waals surface area contributed by atoms with E-state index in [0.29, 0.717) is 21.4 Å². The quantitative estimate of drug-likeness (QED) is 0.356. The van der Waals surface area contributed by atoms with Gasteiger partial charge in [0.05, 0.1) is 10.7 Å². The van der Waals surface area contributed by atoms with Crippen LogP contribution in [0.4, 0.5) is 11.4 Å². The molecule has 1 N–H and O–H groups in total. The highest BCUT2D eigenvalue weighted by Gasteiger charge is 2.17. The van der Waals surface area contributed by atoms with Crippen molar-refractivity contribution in [2.75, 3.05) is 11.1 Å². The number of para-hydroxylation sites is 2. The number of amides is 1. The van der Waals surface area contributed by atoms with E-state index in [9.17, 15) is 14.9 Å². The average Bonchev–Trinajstić information content (AvgIpc) is 3.19. The number of rotatable bonds is 6. The predicted octanol–water partition coefficient (Wildman–Crippen LogP) is 3.48. The molecule has 0 bridgehead atoms. The molecular formula is C15H12BrN5O4S. The summed E-state index contributed by atoms with van der Waals surface area (Å²) in [6.07, 6.45) is 0. The van der Waals surface area contributed by atoms with E-state index in [0.717, 1.165) is 0 Å². The smallest absolute Gasteiger partial charge is 0.292 e. The summed E-state index contributed by atoms with van der Waals surface area (Å²) in [7, 11) is 1.76. The molecule has 26 heavy (non-hydrogen) atoms. The van der Waals surface area contributed by atoms with Gasteiger partial charge in [-0.1, -0.05) is 23.9 Å². The lowest BCUT2D eigenvalue weighted by atomic mass is 10.2. The molecule has 3 rings (SSSR count). The molecule has 2 heterocycles. The zero-order valence-corrected chi connectivity index (χ0v) is 15.8. The van der Waals surface area contributed by atoms with E-state index in [-0.39, 0.29) is 23.0 Å². The van der Waals surface area contributed by atoms with Gasteiger partial charge in [-0.25, -0.2) is 0 Å². The Morgan fingerprint density at radius 3 is 2.81 bits per heavy atom. The van der Waals surface area contributed by atoms with Crippen molar-refractivity contribution in [2.24, 2.45) is 7.05 Å². The molecule has 134 valence electrons. The first-order valence-electron chi connectivity index (χ1n) is 7.27. The Hall–Kier alpha value is -2.66. The van der Waals surface area contributed by atoms with Crippen molar-refractivity contribution in [2.45, 2.75) is 5.16 Å². The molecular weight excluding hydrogens is 426 g/mol. The Morgan fingerprint density at radius 2 is 2.12 bits per heavy atom. The first kappa shape index (κ1) is 18.1. The van der Waals surface area contributed by atoms with Crippen molar-refractivity contribution in [1.82, 2.24) is 14.8 Å². The highest BCUT2D eigenvalue weighted by atomic mass is 79.9. The monoisotopic (exact) mass is 437 g/mol. The Labute approximate surface area is 160 Å². The summed E-state index contributed by atoms with van der Waals surface area (Å²) >= 11 is 4.39. The fraction of sp³-hybridized carbons (Fsp3) is 0.133. The number of thioether (sulfide) groups is 1. The van der Waals surface area contributed by atoms with Gasteiger partial charge in [0, 0.05) is 13.1 Å². The third-order valence-corrected chi connectivity index (χ3v) is 4.78. The number of hydrogen-bond acceptors (Lipinski definition) is 7. The van der Waals surface area contributed by atoms with Gasteiger partial charge in [0.2, 0.25) is 5.91 Å². The standard InChI is InChI=1S/C15H12BrN5O4S/c1-20-14(11-6-7-12(16)25-11)18-19-15(20)26-8-13(22)17-9-4-2-3-5-10(9)21(23)24/h2-7H,8H2,1H3,(H,17,22). The van der Waals surface area contributed by atoms with Gasteiger partial charge < -0.3 is 14.3 Å². The van der Waals surface area contributed by atoms with Crippen LogP contribution in [0.2, 0.25) is 0 Å². The highest BCUT2D eigenvalue weighted by molar-refractivity contribution is 9.10. The Balaban J connectivity index is 1.66. The third kappa shape index (κ3) is 3.94. The minimum atomic E-state index is -0.542. The van der Waals surface area contributed by atoms with Gasteiger partial charge >= 0.3 is 0 Å². The molecule has 1 amide bonds. The normalized spacial score (nSPS) is 10.7. The van der Waals surface area contributed by atoms with Crippen molar-refractivity contribution in [3.05, 3.63) is 51.2 Å². The number of carbonyl (C=O) groups excluding carboxylic acids is 1. The second kappa shape index (κ2) is 7.70. The molecule has 0 atom stereocenters. The molecule has 0 aliphatic rings. The second-order valence-corrected chi connectivity index (χ2v) is 6.80. The number of aromatic nitrogens is 3. The zero-order chi connectivity index (χ0) is 18.7. The summed E-state index contributed by atoms with van der Waals surface area (Å²) in [4.78, 5) is 22.6. The molecule has 9 nitrogen and oxygen atoms in total. The summed E-state index contributed by atoms with van der Waals surface area (Å²) in [5, 5.41) is 22.1. The summed E-state index contributed by atoms with van der Waals surface area (Å²) < 4.78 is 7.72. The third-order valence-electron chi connectivity index (χ3n) is 3.34. The number of halogens is 1. The van der Waals surface area contributed by atoms with Crippen molar-refractivity contribution in [1.29, 1.82) is 0 Å². The van der Waals surface area contributed by atoms with Crippen LogP contribution in [-0.4, -0.2) is 31.3 Å². The van der Waals surface area contributed by atoms with Gasteiger partial charge in [-0.15, -0.1) is 10.2 Å². The molecule has 11 heteroatoms. The van der Waals surface area contributed by atoms with Crippen LogP contribution in [-0.2, 0) is 11.8 Å². The maximum Gasteiger partial charge on any atom is 0.292 e. The lowest BCUT2D eigenvalue weighted by Gasteiger charge is -2.05. The number of furan rings is 1. The Kier molecular flexibility index (Phi) is 5.38. The first-order valence-corrected chi connectivity index (χ1v) is 9.04. The van der Waals surface area contributed by atoms with E-state index in [1.54, 1.807) is 29.8 Å². The van der Waals surface area contributed by atoms with Gasteiger partial charge in [0.25, 0.3) is 5.69 Å². The number of nitro benzene ring substituents is 1. The fourth-order valence-electron chi connectivity index (χ4n) is 2.14. The molecule has 0 fully saturated rings. The molecule has 0 aliphatic heterocycles. The molecule has 3 aromatic rings. The summed E-state index contributed by atoms with van der Waals surface area (Å²) in [5.41, 5.74) is -0.00243. The summed E-state index contributed by atoms with van der Waals surface area (Å²) in [5.74, 6) is 0.717. The molecule has 0 saturated carbocycles. The van der Waals surface area contributed by atoms with Crippen molar-refractivity contribution in [3.63, 3.8) is 0 Å². The average molecular weight is 438 g/mol. The molecule has 0 unspecified atom stereocenters. The van der Waals surface area contributed by atoms with E-state index in [4.69, 9.17) is 4.42 Å². The van der Waals surface area contributed by atoms with Crippen LogP contribution in [0.1, 0.15) is 0 Å². The van der Waals surface area contributed by atoms with Crippen molar-refractivity contribution < 1.29 is 14.1 Å². The van der Waals surface area contributed by atoms with Gasteiger partial charge in [-0.3, -0.25) is 14.9 Å². The number of nitrogens with one attached hydrogen (secondary N) is 1. The lowest BCUT2D eigenvalue weighted by Crippen LogP contribution is -2.15. The van der Waals surface area contributed by atoms with E-state index in [1.807, 2.05) is 0 Å². The van der Waals surface area contributed by atoms with Crippen molar-refractivity contribution in [3.8, 4) is 11.6 Å². The number of anilines is 1. The molecule has 0 aliphatic carbocycles. The molecule has 0 saturated heterocycles.